The van der Waals surface area contributed by atoms with Crippen molar-refractivity contribution in [3.8, 4) is 0 Å². The standard InChI is InChI=1S/C15H28N4/c1-4-14-17-15(5-2)19(18-14)12(3)11-16-13-9-7-6-8-10-13/h12-13,16H,4-11H2,1-3H3. The summed E-state index contributed by atoms with van der Waals surface area (Å²) < 4.78 is 2.12. The van der Waals surface area contributed by atoms with Crippen molar-refractivity contribution in [3.63, 3.8) is 0 Å². The molecule has 1 aromatic rings. The molecule has 0 bridgehead atoms. The van der Waals surface area contributed by atoms with Gasteiger partial charge in [0.25, 0.3) is 0 Å². The molecule has 0 amide bonds. The zero-order chi connectivity index (χ0) is 13.7. The van der Waals surface area contributed by atoms with Crippen LogP contribution in [0.4, 0.5) is 0 Å². The highest BCUT2D eigenvalue weighted by atomic mass is 15.4. The molecule has 1 aliphatic rings. The van der Waals surface area contributed by atoms with Crippen molar-refractivity contribution < 1.29 is 0 Å². The monoisotopic (exact) mass is 264 g/mol. The Kier molecular flexibility index (Phi) is 5.37. The number of aryl methyl sites for hydroxylation is 2. The Morgan fingerprint density at radius 3 is 2.58 bits per heavy atom. The summed E-state index contributed by atoms with van der Waals surface area (Å²) in [5, 5.41) is 8.34. The van der Waals surface area contributed by atoms with Crippen LogP contribution >= 0.6 is 0 Å². The van der Waals surface area contributed by atoms with Crippen LogP contribution in [0.5, 0.6) is 0 Å². The zero-order valence-corrected chi connectivity index (χ0v) is 12.7. The summed E-state index contributed by atoms with van der Waals surface area (Å²) in [5.74, 6) is 2.09. The van der Waals surface area contributed by atoms with Crippen LogP contribution in [0.3, 0.4) is 0 Å². The molecule has 19 heavy (non-hydrogen) atoms. The van der Waals surface area contributed by atoms with E-state index in [0.29, 0.717) is 6.04 Å². The minimum Gasteiger partial charge on any atom is -0.312 e. The maximum atomic E-state index is 4.63. The molecule has 2 rings (SSSR count). The van der Waals surface area contributed by atoms with Crippen LogP contribution < -0.4 is 5.32 Å². The number of aromatic nitrogens is 3. The van der Waals surface area contributed by atoms with E-state index in [1.165, 1.54) is 32.1 Å². The van der Waals surface area contributed by atoms with E-state index in [1.807, 2.05) is 0 Å². The molecule has 1 atom stereocenters. The lowest BCUT2D eigenvalue weighted by molar-refractivity contribution is 0.340. The topological polar surface area (TPSA) is 42.7 Å². The molecule has 1 unspecified atom stereocenters. The molecule has 0 spiro atoms. The summed E-state index contributed by atoms with van der Waals surface area (Å²) in [4.78, 5) is 4.59. The van der Waals surface area contributed by atoms with E-state index in [-0.39, 0.29) is 0 Å². The first-order chi connectivity index (χ1) is 9.24. The maximum absolute atomic E-state index is 4.63. The number of hydrogen-bond acceptors (Lipinski definition) is 3. The van der Waals surface area contributed by atoms with E-state index >= 15 is 0 Å². The summed E-state index contributed by atoms with van der Waals surface area (Å²) in [6, 6.07) is 1.11. The summed E-state index contributed by atoms with van der Waals surface area (Å²) >= 11 is 0. The average molecular weight is 264 g/mol. The summed E-state index contributed by atoms with van der Waals surface area (Å²) in [5.41, 5.74) is 0. The van der Waals surface area contributed by atoms with Gasteiger partial charge in [-0.3, -0.25) is 0 Å². The van der Waals surface area contributed by atoms with Crippen LogP contribution in [0.15, 0.2) is 0 Å². The third-order valence-corrected chi connectivity index (χ3v) is 4.10. The number of nitrogens with zero attached hydrogens (tertiary/aromatic N) is 3. The van der Waals surface area contributed by atoms with Gasteiger partial charge in [-0.1, -0.05) is 33.1 Å². The second-order valence-electron chi connectivity index (χ2n) is 5.69. The van der Waals surface area contributed by atoms with Crippen molar-refractivity contribution in [2.24, 2.45) is 0 Å². The van der Waals surface area contributed by atoms with Crippen LogP contribution in [0.2, 0.25) is 0 Å². The molecule has 1 fully saturated rings. The SMILES string of the molecule is CCc1nc(CC)n(C(C)CNC2CCCCC2)n1. The minimum atomic E-state index is 0.393. The van der Waals surface area contributed by atoms with Gasteiger partial charge in [0.1, 0.15) is 5.82 Å². The molecular weight excluding hydrogens is 236 g/mol. The third kappa shape index (κ3) is 3.78. The van der Waals surface area contributed by atoms with Gasteiger partial charge in [-0.25, -0.2) is 9.67 Å². The largest absolute Gasteiger partial charge is 0.312 e. The first-order valence-corrected chi connectivity index (χ1v) is 7.92. The van der Waals surface area contributed by atoms with Gasteiger partial charge in [-0.15, -0.1) is 0 Å². The minimum absolute atomic E-state index is 0.393. The molecule has 1 aromatic heterocycles. The van der Waals surface area contributed by atoms with Gasteiger partial charge in [-0.05, 0) is 19.8 Å². The Morgan fingerprint density at radius 1 is 1.21 bits per heavy atom. The maximum Gasteiger partial charge on any atom is 0.150 e. The van der Waals surface area contributed by atoms with Gasteiger partial charge in [0, 0.05) is 25.4 Å². The Hall–Kier alpha value is -0.900. The van der Waals surface area contributed by atoms with E-state index in [0.717, 1.165) is 37.1 Å². The fourth-order valence-electron chi connectivity index (χ4n) is 2.88. The Labute approximate surface area is 117 Å². The van der Waals surface area contributed by atoms with Crippen molar-refractivity contribution in [3.05, 3.63) is 11.6 Å². The Bertz CT molecular complexity index is 379. The molecule has 0 saturated heterocycles. The highest BCUT2D eigenvalue weighted by Gasteiger charge is 2.17. The molecule has 4 nitrogen and oxygen atoms in total. The van der Waals surface area contributed by atoms with Crippen LogP contribution in [0.25, 0.3) is 0 Å². The highest BCUT2D eigenvalue weighted by molar-refractivity contribution is 4.94. The molecule has 1 heterocycles. The summed E-state index contributed by atoms with van der Waals surface area (Å²) in [6.07, 6.45) is 8.74. The normalized spacial score (nSPS) is 18.7. The van der Waals surface area contributed by atoms with E-state index in [2.05, 4.69) is 40.9 Å². The van der Waals surface area contributed by atoms with Crippen molar-refractivity contribution >= 4 is 0 Å². The van der Waals surface area contributed by atoms with Crippen molar-refractivity contribution in [2.75, 3.05) is 6.54 Å². The smallest absolute Gasteiger partial charge is 0.150 e. The molecule has 0 aliphatic heterocycles. The van der Waals surface area contributed by atoms with Gasteiger partial charge in [-0.2, -0.15) is 5.10 Å². The average Bonchev–Trinajstić information content (AvgIpc) is 2.89. The molecule has 1 saturated carbocycles. The second kappa shape index (κ2) is 7.04. The highest BCUT2D eigenvalue weighted by Crippen LogP contribution is 2.18. The van der Waals surface area contributed by atoms with Crippen LogP contribution in [0, 0.1) is 0 Å². The van der Waals surface area contributed by atoms with Crippen molar-refractivity contribution in [1.29, 1.82) is 0 Å². The Morgan fingerprint density at radius 2 is 1.95 bits per heavy atom. The quantitative estimate of drug-likeness (QED) is 0.859. The predicted molar refractivity (Wildman–Crippen MR) is 78.4 cm³/mol. The van der Waals surface area contributed by atoms with E-state index in [1.54, 1.807) is 0 Å². The molecular formula is C15H28N4. The molecule has 1 N–H and O–H groups in total. The van der Waals surface area contributed by atoms with Crippen LogP contribution in [-0.4, -0.2) is 27.4 Å². The number of nitrogens with one attached hydrogen (secondary N) is 1. The van der Waals surface area contributed by atoms with E-state index in [9.17, 15) is 0 Å². The van der Waals surface area contributed by atoms with Crippen molar-refractivity contribution in [2.45, 2.75) is 77.8 Å². The van der Waals surface area contributed by atoms with E-state index in [4.69, 9.17) is 0 Å². The van der Waals surface area contributed by atoms with Gasteiger partial charge < -0.3 is 5.32 Å². The zero-order valence-electron chi connectivity index (χ0n) is 12.7. The molecule has 0 aromatic carbocycles. The van der Waals surface area contributed by atoms with E-state index < -0.39 is 0 Å². The lowest BCUT2D eigenvalue weighted by Gasteiger charge is -2.25. The van der Waals surface area contributed by atoms with Gasteiger partial charge in [0.2, 0.25) is 0 Å². The fourth-order valence-corrected chi connectivity index (χ4v) is 2.88. The number of rotatable bonds is 6. The molecule has 4 heteroatoms. The number of hydrogen-bond donors (Lipinski definition) is 1. The van der Waals surface area contributed by atoms with Crippen LogP contribution in [0.1, 0.15) is 70.6 Å². The van der Waals surface area contributed by atoms with Gasteiger partial charge in [0.15, 0.2) is 5.82 Å². The summed E-state index contributed by atoms with van der Waals surface area (Å²) in [7, 11) is 0. The molecule has 108 valence electrons. The molecule has 1 aliphatic carbocycles. The predicted octanol–water partition coefficient (Wildman–Crippen LogP) is 2.89. The lowest BCUT2D eigenvalue weighted by Crippen LogP contribution is -2.35. The fraction of sp³-hybridized carbons (Fsp3) is 0.867. The van der Waals surface area contributed by atoms with Gasteiger partial charge >= 0.3 is 0 Å². The first kappa shape index (κ1) is 14.5. The second-order valence-corrected chi connectivity index (χ2v) is 5.69. The Balaban J connectivity index is 1.91. The third-order valence-electron chi connectivity index (χ3n) is 4.10. The van der Waals surface area contributed by atoms with Crippen molar-refractivity contribution in [1.82, 2.24) is 20.1 Å². The summed E-state index contributed by atoms with van der Waals surface area (Å²) in [6.45, 7) is 7.51. The van der Waals surface area contributed by atoms with Crippen LogP contribution in [-0.2, 0) is 12.8 Å². The molecule has 0 radical (unpaired) electrons. The van der Waals surface area contributed by atoms with Gasteiger partial charge in [0.05, 0.1) is 6.04 Å². The first-order valence-electron chi connectivity index (χ1n) is 7.92. The lowest BCUT2D eigenvalue weighted by atomic mass is 9.95.